The third-order valence-electron chi connectivity index (χ3n) is 7.49. The van der Waals surface area contributed by atoms with E-state index in [1.807, 2.05) is 48.6 Å². The zero-order valence-corrected chi connectivity index (χ0v) is 32.2. The fourth-order valence-electron chi connectivity index (χ4n) is 4.65. The molecule has 0 rings (SSSR count). The summed E-state index contributed by atoms with van der Waals surface area (Å²) in [7, 11) is -4.79. The van der Waals surface area contributed by atoms with Gasteiger partial charge >= 0.3 is 19.8 Å². The van der Waals surface area contributed by atoms with E-state index in [1.54, 1.807) is 6.08 Å². The van der Waals surface area contributed by atoms with Crippen molar-refractivity contribution in [2.45, 2.75) is 148 Å². The number of allylic oxidation sites excluding steroid dienone is 12. The number of esters is 2. The fraction of sp³-hybridized carbons (Fsp3) is 0.610. The van der Waals surface area contributed by atoms with Gasteiger partial charge < -0.3 is 24.4 Å². The molecule has 2 atom stereocenters. The summed E-state index contributed by atoms with van der Waals surface area (Å²) < 4.78 is 26.2. The van der Waals surface area contributed by atoms with Crippen molar-refractivity contribution in [2.75, 3.05) is 13.2 Å². The third kappa shape index (κ3) is 38.3. The van der Waals surface area contributed by atoms with Crippen molar-refractivity contribution in [1.29, 1.82) is 0 Å². The van der Waals surface area contributed by atoms with Gasteiger partial charge in [0, 0.05) is 12.8 Å². The van der Waals surface area contributed by atoms with E-state index in [0.29, 0.717) is 25.7 Å². The van der Waals surface area contributed by atoms with Crippen LogP contribution in [0.4, 0.5) is 0 Å². The molecule has 3 N–H and O–H groups in total. The molecule has 0 aromatic heterocycles. The first kappa shape index (κ1) is 48.2. The topological polar surface area (TPSA) is 140 Å². The van der Waals surface area contributed by atoms with Crippen LogP contribution in [0.1, 0.15) is 136 Å². The van der Waals surface area contributed by atoms with E-state index in [0.717, 1.165) is 57.8 Å². The SMILES string of the molecule is CC/C=C\CC(O)/C=C/C=C/C/C=C\C/C=C\C/C=C\CCC(=O)O[C@H](COC(=O)CCCCCCC/C=C\CCCCCC)COP(=O)(O)O. The van der Waals surface area contributed by atoms with Gasteiger partial charge in [-0.25, -0.2) is 4.57 Å². The maximum absolute atomic E-state index is 12.3. The van der Waals surface area contributed by atoms with Crippen LogP contribution in [-0.2, 0) is 28.2 Å². The molecule has 0 saturated heterocycles. The number of ether oxygens (including phenoxy) is 2. The molecule has 0 bridgehead atoms. The summed E-state index contributed by atoms with van der Waals surface area (Å²) >= 11 is 0. The number of carbonyl (C=O) groups excluding carboxylic acids is 2. The molecule has 0 amide bonds. The molecule has 0 aliphatic carbocycles. The van der Waals surface area contributed by atoms with E-state index in [9.17, 15) is 19.3 Å². The van der Waals surface area contributed by atoms with E-state index in [4.69, 9.17) is 19.3 Å². The number of hydrogen-bond donors (Lipinski definition) is 3. The van der Waals surface area contributed by atoms with Crippen LogP contribution in [0.25, 0.3) is 0 Å². The molecule has 0 aromatic carbocycles. The van der Waals surface area contributed by atoms with Crippen LogP contribution in [0.3, 0.4) is 0 Å². The van der Waals surface area contributed by atoms with Crippen LogP contribution in [0.2, 0.25) is 0 Å². The first-order valence-electron chi connectivity index (χ1n) is 19.0. The van der Waals surface area contributed by atoms with Crippen LogP contribution in [0, 0.1) is 0 Å². The Balaban J connectivity index is 4.19. The minimum Gasteiger partial charge on any atom is -0.462 e. The average molecular weight is 735 g/mol. The second-order valence-electron chi connectivity index (χ2n) is 12.4. The van der Waals surface area contributed by atoms with Crippen LogP contribution in [0.5, 0.6) is 0 Å². The Bertz CT molecular complexity index is 1110. The quantitative estimate of drug-likeness (QED) is 0.0198. The Hall–Kier alpha value is -2.81. The minimum absolute atomic E-state index is 0.0651. The van der Waals surface area contributed by atoms with Crippen molar-refractivity contribution in [3.8, 4) is 0 Å². The Kier molecular flexibility index (Phi) is 33.6. The second-order valence-corrected chi connectivity index (χ2v) is 13.6. The van der Waals surface area contributed by atoms with Gasteiger partial charge in [0.15, 0.2) is 6.10 Å². The highest BCUT2D eigenvalue weighted by Crippen LogP contribution is 2.35. The predicted octanol–water partition coefficient (Wildman–Crippen LogP) is 10.3. The molecule has 0 saturated carbocycles. The highest BCUT2D eigenvalue weighted by Gasteiger charge is 2.22. The van der Waals surface area contributed by atoms with Crippen LogP contribution in [-0.4, -0.2) is 52.3 Å². The molecule has 0 aliphatic heterocycles. The Morgan fingerprint density at radius 3 is 1.86 bits per heavy atom. The number of phosphoric acid groups is 1. The minimum atomic E-state index is -4.79. The molecule has 0 aromatic rings. The summed E-state index contributed by atoms with van der Waals surface area (Å²) in [6.45, 7) is 3.37. The van der Waals surface area contributed by atoms with Gasteiger partial charge in [-0.15, -0.1) is 0 Å². The van der Waals surface area contributed by atoms with Crippen LogP contribution < -0.4 is 0 Å². The summed E-state index contributed by atoms with van der Waals surface area (Å²) in [4.78, 5) is 42.7. The van der Waals surface area contributed by atoms with Gasteiger partial charge in [0.25, 0.3) is 0 Å². The lowest BCUT2D eigenvalue weighted by Gasteiger charge is -2.18. The fourth-order valence-corrected chi connectivity index (χ4v) is 5.01. The zero-order chi connectivity index (χ0) is 37.7. The van der Waals surface area contributed by atoms with Crippen molar-refractivity contribution >= 4 is 19.8 Å². The number of phosphoric ester groups is 1. The van der Waals surface area contributed by atoms with Crippen molar-refractivity contribution in [3.63, 3.8) is 0 Å². The van der Waals surface area contributed by atoms with Gasteiger partial charge in [0.05, 0.1) is 12.7 Å². The normalized spacial score (nSPS) is 14.1. The first-order valence-corrected chi connectivity index (χ1v) is 20.5. The van der Waals surface area contributed by atoms with E-state index in [-0.39, 0.29) is 19.4 Å². The molecule has 51 heavy (non-hydrogen) atoms. The molecule has 290 valence electrons. The van der Waals surface area contributed by atoms with Gasteiger partial charge in [-0.05, 0) is 70.6 Å². The summed E-state index contributed by atoms with van der Waals surface area (Å²) in [5.74, 6) is -1.02. The van der Waals surface area contributed by atoms with Crippen molar-refractivity contribution < 1.29 is 43.0 Å². The van der Waals surface area contributed by atoms with Crippen molar-refractivity contribution in [3.05, 3.63) is 85.1 Å². The summed E-state index contributed by atoms with van der Waals surface area (Å²) in [5.41, 5.74) is 0. The second kappa shape index (κ2) is 35.6. The van der Waals surface area contributed by atoms with E-state index >= 15 is 0 Å². The summed E-state index contributed by atoms with van der Waals surface area (Å²) in [5, 5.41) is 9.80. The molecule has 0 aliphatic rings. The maximum Gasteiger partial charge on any atom is 0.469 e. The smallest absolute Gasteiger partial charge is 0.462 e. The molecule has 0 spiro atoms. The van der Waals surface area contributed by atoms with E-state index < -0.39 is 38.6 Å². The molecule has 9 nitrogen and oxygen atoms in total. The average Bonchev–Trinajstić information content (AvgIpc) is 3.09. The number of aliphatic hydroxyl groups excluding tert-OH is 1. The van der Waals surface area contributed by atoms with Gasteiger partial charge in [-0.3, -0.25) is 14.1 Å². The van der Waals surface area contributed by atoms with Crippen molar-refractivity contribution in [1.82, 2.24) is 0 Å². The third-order valence-corrected chi connectivity index (χ3v) is 7.98. The van der Waals surface area contributed by atoms with Gasteiger partial charge in [0.1, 0.15) is 6.61 Å². The molecule has 1 unspecified atom stereocenters. The van der Waals surface area contributed by atoms with E-state index in [2.05, 4.69) is 48.8 Å². The van der Waals surface area contributed by atoms with Crippen molar-refractivity contribution in [2.24, 2.45) is 0 Å². The number of unbranched alkanes of at least 4 members (excludes halogenated alkanes) is 9. The summed E-state index contributed by atoms with van der Waals surface area (Å²) in [6, 6.07) is 0. The van der Waals surface area contributed by atoms with Crippen LogP contribution >= 0.6 is 7.82 Å². The largest absolute Gasteiger partial charge is 0.469 e. The van der Waals surface area contributed by atoms with Gasteiger partial charge in [-0.2, -0.15) is 0 Å². The molecule has 0 radical (unpaired) electrons. The monoisotopic (exact) mass is 734 g/mol. The number of aliphatic hydroxyl groups is 1. The van der Waals surface area contributed by atoms with Crippen LogP contribution in [0.15, 0.2) is 85.1 Å². The van der Waals surface area contributed by atoms with Gasteiger partial charge in [-0.1, -0.05) is 137 Å². The molecular formula is C41H67O9P. The lowest BCUT2D eigenvalue weighted by Crippen LogP contribution is -2.29. The zero-order valence-electron chi connectivity index (χ0n) is 31.3. The maximum atomic E-state index is 12.3. The Labute approximate surface area is 308 Å². The number of hydrogen-bond acceptors (Lipinski definition) is 7. The standard InChI is InChI=1S/C41H67O9P/c1-3-5-7-8-9-10-11-13-17-20-23-26-30-34-40(43)48-36-39(37-49-51(45,46)47)50-41(44)35-31-27-24-21-18-15-12-14-16-19-22-25-29-33-38(42)32-28-6-4-2/h6,10-11,14-16,18,22,24-25,27-29,33,38-39,42H,3-5,7-9,12-13,17,19-21,23,26,30-32,34-37H2,1-2H3,(H2,45,46,47)/b11-10-,16-14-,18-15-,25-22+,27-24-,28-6-,33-29+/t38?,39-/m1/s1. The number of carbonyl (C=O) groups is 2. The predicted molar refractivity (Wildman–Crippen MR) is 208 cm³/mol. The first-order chi connectivity index (χ1) is 24.7. The molecule has 0 fully saturated rings. The highest BCUT2D eigenvalue weighted by molar-refractivity contribution is 7.46. The molecule has 10 heteroatoms. The number of rotatable bonds is 33. The van der Waals surface area contributed by atoms with Gasteiger partial charge in [0.2, 0.25) is 0 Å². The Morgan fingerprint density at radius 1 is 0.627 bits per heavy atom. The lowest BCUT2D eigenvalue weighted by molar-refractivity contribution is -0.161. The van der Waals surface area contributed by atoms with E-state index in [1.165, 1.54) is 25.7 Å². The Morgan fingerprint density at radius 2 is 1.22 bits per heavy atom. The lowest BCUT2D eigenvalue weighted by atomic mass is 10.1. The highest BCUT2D eigenvalue weighted by atomic mass is 31.2. The summed E-state index contributed by atoms with van der Waals surface area (Å²) in [6.07, 6.45) is 43.6. The molecular weight excluding hydrogens is 667 g/mol. The molecule has 0 heterocycles.